The second-order valence-corrected chi connectivity index (χ2v) is 6.94. The van der Waals surface area contributed by atoms with Gasteiger partial charge in [0.15, 0.2) is 0 Å². The first-order chi connectivity index (χ1) is 7.04. The van der Waals surface area contributed by atoms with Gasteiger partial charge in [-0.3, -0.25) is 0 Å². The van der Waals surface area contributed by atoms with E-state index in [9.17, 15) is 0 Å². The van der Waals surface area contributed by atoms with Crippen LogP contribution in [-0.2, 0) is 0 Å². The normalized spacial score (nSPS) is 13.5. The molecule has 0 aliphatic carbocycles. The minimum absolute atomic E-state index is 0.512. The lowest BCUT2D eigenvalue weighted by Gasteiger charge is -2.20. The molecule has 1 atom stereocenters. The van der Waals surface area contributed by atoms with E-state index in [2.05, 4.69) is 55.0 Å². The fraction of sp³-hybridized carbons (Fsp3) is 0.667. The minimum Gasteiger partial charge on any atom is -0.310 e. The Balaban J connectivity index is 2.83. The molecule has 1 heterocycles. The van der Waals surface area contributed by atoms with Gasteiger partial charge < -0.3 is 5.32 Å². The van der Waals surface area contributed by atoms with Crippen LogP contribution in [-0.4, -0.2) is 6.54 Å². The summed E-state index contributed by atoms with van der Waals surface area (Å²) in [5.74, 6) is 0.729. The molecule has 0 radical (unpaired) electrons. The van der Waals surface area contributed by atoms with E-state index in [-0.39, 0.29) is 0 Å². The van der Waals surface area contributed by atoms with Gasteiger partial charge in [-0.2, -0.15) is 0 Å². The van der Waals surface area contributed by atoms with E-state index in [1.165, 1.54) is 20.6 Å². The highest BCUT2D eigenvalue weighted by Crippen LogP contribution is 2.33. The van der Waals surface area contributed by atoms with Crippen LogP contribution < -0.4 is 5.32 Å². The number of thiophene rings is 1. The molecular weight excluding hydrogens is 270 g/mol. The van der Waals surface area contributed by atoms with Gasteiger partial charge in [-0.1, -0.05) is 20.8 Å². The van der Waals surface area contributed by atoms with Crippen LogP contribution in [0.4, 0.5) is 0 Å². The minimum atomic E-state index is 0.512. The van der Waals surface area contributed by atoms with E-state index in [0.29, 0.717) is 6.04 Å². The second kappa shape index (κ2) is 6.02. The zero-order valence-electron chi connectivity index (χ0n) is 9.93. The van der Waals surface area contributed by atoms with Crippen molar-refractivity contribution < 1.29 is 0 Å². The molecule has 0 aliphatic rings. The SMILES string of the molecule is CCNC(CC(C)C)c1cc(Br)sc1C. The molecule has 1 rings (SSSR count). The van der Waals surface area contributed by atoms with E-state index >= 15 is 0 Å². The van der Waals surface area contributed by atoms with Crippen molar-refractivity contribution >= 4 is 27.3 Å². The molecule has 1 nitrogen and oxygen atoms in total. The van der Waals surface area contributed by atoms with Crippen molar-refractivity contribution in [2.75, 3.05) is 6.54 Å². The lowest BCUT2D eigenvalue weighted by Crippen LogP contribution is -2.22. The third-order valence-electron chi connectivity index (χ3n) is 2.46. The summed E-state index contributed by atoms with van der Waals surface area (Å²) in [6, 6.07) is 2.77. The molecule has 0 saturated heterocycles. The number of hydrogen-bond acceptors (Lipinski definition) is 2. The summed E-state index contributed by atoms with van der Waals surface area (Å²) >= 11 is 5.39. The van der Waals surface area contributed by atoms with Gasteiger partial charge in [0.05, 0.1) is 3.79 Å². The van der Waals surface area contributed by atoms with Gasteiger partial charge in [0, 0.05) is 10.9 Å². The Kier molecular flexibility index (Phi) is 5.30. The van der Waals surface area contributed by atoms with Crippen molar-refractivity contribution in [2.24, 2.45) is 5.92 Å². The van der Waals surface area contributed by atoms with Crippen LogP contribution in [0.1, 0.15) is 43.7 Å². The first kappa shape index (κ1) is 13.2. The zero-order chi connectivity index (χ0) is 11.4. The highest BCUT2D eigenvalue weighted by molar-refractivity contribution is 9.11. The third kappa shape index (κ3) is 3.89. The quantitative estimate of drug-likeness (QED) is 0.841. The Morgan fingerprint density at radius 3 is 2.53 bits per heavy atom. The Morgan fingerprint density at radius 2 is 2.13 bits per heavy atom. The molecule has 86 valence electrons. The molecule has 0 aromatic carbocycles. The van der Waals surface area contributed by atoms with Gasteiger partial charge in [-0.05, 0) is 53.4 Å². The Bertz CT molecular complexity index is 307. The lowest BCUT2D eigenvalue weighted by molar-refractivity contribution is 0.438. The van der Waals surface area contributed by atoms with Crippen LogP contribution in [0.15, 0.2) is 9.85 Å². The Hall–Kier alpha value is 0.140. The molecule has 0 bridgehead atoms. The zero-order valence-corrected chi connectivity index (χ0v) is 12.3. The van der Waals surface area contributed by atoms with E-state index < -0.39 is 0 Å². The highest BCUT2D eigenvalue weighted by atomic mass is 79.9. The summed E-state index contributed by atoms with van der Waals surface area (Å²) in [6.45, 7) is 9.96. The van der Waals surface area contributed by atoms with Gasteiger partial charge in [-0.25, -0.2) is 0 Å². The van der Waals surface area contributed by atoms with Gasteiger partial charge in [0.1, 0.15) is 0 Å². The second-order valence-electron chi connectivity index (χ2n) is 4.30. The molecule has 0 spiro atoms. The van der Waals surface area contributed by atoms with Crippen molar-refractivity contribution in [1.29, 1.82) is 0 Å². The van der Waals surface area contributed by atoms with E-state index in [0.717, 1.165) is 12.5 Å². The molecule has 0 aliphatic heterocycles. The topological polar surface area (TPSA) is 12.0 Å². The van der Waals surface area contributed by atoms with Crippen molar-refractivity contribution in [1.82, 2.24) is 5.32 Å². The van der Waals surface area contributed by atoms with Crippen LogP contribution in [0.3, 0.4) is 0 Å². The number of nitrogens with one attached hydrogen (secondary N) is 1. The molecule has 3 heteroatoms. The maximum Gasteiger partial charge on any atom is 0.0704 e. The number of hydrogen-bond donors (Lipinski definition) is 1. The monoisotopic (exact) mass is 289 g/mol. The van der Waals surface area contributed by atoms with Crippen molar-refractivity contribution in [3.8, 4) is 0 Å². The summed E-state index contributed by atoms with van der Waals surface area (Å²) in [4.78, 5) is 1.42. The summed E-state index contributed by atoms with van der Waals surface area (Å²) in [6.07, 6.45) is 1.21. The molecule has 0 fully saturated rings. The van der Waals surface area contributed by atoms with Gasteiger partial charge >= 0.3 is 0 Å². The summed E-state index contributed by atoms with van der Waals surface area (Å²) in [7, 11) is 0. The van der Waals surface area contributed by atoms with Crippen molar-refractivity contribution in [3.63, 3.8) is 0 Å². The van der Waals surface area contributed by atoms with Crippen LogP contribution in [0.5, 0.6) is 0 Å². The summed E-state index contributed by atoms with van der Waals surface area (Å²) in [5.41, 5.74) is 1.46. The predicted molar refractivity (Wildman–Crippen MR) is 72.6 cm³/mol. The number of aryl methyl sites for hydroxylation is 1. The van der Waals surface area contributed by atoms with Gasteiger partial charge in [0.2, 0.25) is 0 Å². The molecular formula is C12H20BrNS. The summed E-state index contributed by atoms with van der Waals surface area (Å²) < 4.78 is 1.24. The first-order valence-electron chi connectivity index (χ1n) is 5.53. The molecule has 0 saturated carbocycles. The fourth-order valence-corrected chi connectivity index (χ4v) is 3.62. The maximum atomic E-state index is 3.57. The Labute approximate surface area is 105 Å². The predicted octanol–water partition coefficient (Wildman–Crippen LogP) is 4.52. The molecule has 1 aromatic heterocycles. The molecule has 0 amide bonds. The standard InChI is InChI=1S/C12H20BrNS/c1-5-14-11(6-8(2)3)10-7-12(13)15-9(10)4/h7-8,11,14H,5-6H2,1-4H3. The molecule has 1 N–H and O–H groups in total. The fourth-order valence-electron chi connectivity index (χ4n) is 1.84. The smallest absolute Gasteiger partial charge is 0.0704 e. The number of rotatable bonds is 5. The summed E-state index contributed by atoms with van der Waals surface area (Å²) in [5, 5.41) is 3.57. The van der Waals surface area contributed by atoms with Crippen LogP contribution >= 0.6 is 27.3 Å². The lowest BCUT2D eigenvalue weighted by atomic mass is 9.97. The average Bonchev–Trinajstić information content (AvgIpc) is 2.44. The average molecular weight is 290 g/mol. The molecule has 1 unspecified atom stereocenters. The Morgan fingerprint density at radius 1 is 1.47 bits per heavy atom. The van der Waals surface area contributed by atoms with Crippen LogP contribution in [0.25, 0.3) is 0 Å². The first-order valence-corrected chi connectivity index (χ1v) is 7.14. The molecule has 1 aromatic rings. The van der Waals surface area contributed by atoms with Gasteiger partial charge in [0.25, 0.3) is 0 Å². The van der Waals surface area contributed by atoms with E-state index in [1.54, 1.807) is 0 Å². The van der Waals surface area contributed by atoms with Crippen LogP contribution in [0.2, 0.25) is 0 Å². The number of halogens is 1. The third-order valence-corrected chi connectivity index (χ3v) is 4.03. The van der Waals surface area contributed by atoms with Crippen LogP contribution in [0, 0.1) is 12.8 Å². The maximum absolute atomic E-state index is 3.57. The van der Waals surface area contributed by atoms with Crippen molar-refractivity contribution in [3.05, 3.63) is 20.3 Å². The molecule has 15 heavy (non-hydrogen) atoms. The highest BCUT2D eigenvalue weighted by Gasteiger charge is 2.16. The largest absolute Gasteiger partial charge is 0.310 e. The van der Waals surface area contributed by atoms with E-state index in [1.807, 2.05) is 11.3 Å². The van der Waals surface area contributed by atoms with E-state index in [4.69, 9.17) is 0 Å². The van der Waals surface area contributed by atoms with Crippen molar-refractivity contribution in [2.45, 2.75) is 40.2 Å². The van der Waals surface area contributed by atoms with Gasteiger partial charge in [-0.15, -0.1) is 11.3 Å².